The smallest absolute Gasteiger partial charge is 0.314 e. The Hall–Kier alpha value is -2.64. The second kappa shape index (κ2) is 9.24. The zero-order valence-electron chi connectivity index (χ0n) is 18.0. The molecule has 0 radical (unpaired) electrons. The summed E-state index contributed by atoms with van der Waals surface area (Å²) in [5, 5.41) is 14.3. The molecule has 0 aromatic carbocycles. The van der Waals surface area contributed by atoms with E-state index >= 15 is 0 Å². The molecule has 3 atom stereocenters. The topological polar surface area (TPSA) is 97.9 Å². The third kappa shape index (κ3) is 5.05. The monoisotopic (exact) mass is 400 g/mol. The van der Waals surface area contributed by atoms with Crippen molar-refractivity contribution in [3.63, 3.8) is 0 Å². The van der Waals surface area contributed by atoms with Crippen molar-refractivity contribution in [2.75, 3.05) is 13.1 Å². The summed E-state index contributed by atoms with van der Waals surface area (Å²) in [7, 11) is 1.91. The second-order valence-electron chi connectivity index (χ2n) is 8.25. The predicted molar refractivity (Wildman–Crippen MR) is 111 cm³/mol. The van der Waals surface area contributed by atoms with E-state index in [0.717, 1.165) is 18.5 Å². The van der Waals surface area contributed by atoms with Crippen molar-refractivity contribution in [1.82, 2.24) is 30.4 Å². The van der Waals surface area contributed by atoms with Gasteiger partial charge < -0.3 is 19.6 Å². The van der Waals surface area contributed by atoms with E-state index in [1.54, 1.807) is 12.5 Å². The first-order valence-electron chi connectivity index (χ1n) is 10.4. The van der Waals surface area contributed by atoms with Crippen LogP contribution >= 0.6 is 0 Å². The summed E-state index contributed by atoms with van der Waals surface area (Å²) < 4.78 is 7.78. The van der Waals surface area contributed by atoms with Crippen LogP contribution in [-0.2, 0) is 13.5 Å². The lowest BCUT2D eigenvalue weighted by atomic mass is 9.70. The number of aryl methyl sites for hydroxylation is 1. The van der Waals surface area contributed by atoms with E-state index in [0.29, 0.717) is 48.5 Å². The van der Waals surface area contributed by atoms with E-state index in [9.17, 15) is 4.79 Å². The average molecular weight is 401 g/mol. The molecule has 3 rings (SSSR count). The molecule has 8 heteroatoms. The highest BCUT2D eigenvalue weighted by Gasteiger charge is 2.32. The van der Waals surface area contributed by atoms with Crippen LogP contribution in [0.5, 0.6) is 0 Å². The van der Waals surface area contributed by atoms with Gasteiger partial charge >= 0.3 is 6.03 Å². The van der Waals surface area contributed by atoms with Gasteiger partial charge in [-0.1, -0.05) is 25.5 Å². The molecule has 0 fully saturated rings. The third-order valence-corrected chi connectivity index (χ3v) is 5.84. The number of rotatable bonds is 7. The zero-order valence-corrected chi connectivity index (χ0v) is 18.0. The van der Waals surface area contributed by atoms with Gasteiger partial charge in [0.15, 0.2) is 0 Å². The van der Waals surface area contributed by atoms with E-state index < -0.39 is 0 Å². The minimum atomic E-state index is -0.100. The molecule has 29 heavy (non-hydrogen) atoms. The molecule has 1 aliphatic carbocycles. The number of carbonyl (C=O) groups excluding carboxylic acids is 1. The number of hydrogen-bond donors (Lipinski definition) is 2. The number of carbonyl (C=O) groups is 1. The largest absolute Gasteiger partial charge is 0.419 e. The van der Waals surface area contributed by atoms with Crippen molar-refractivity contribution < 1.29 is 9.21 Å². The summed E-state index contributed by atoms with van der Waals surface area (Å²) in [6.07, 6.45) is 7.54. The van der Waals surface area contributed by atoms with Crippen LogP contribution < -0.4 is 10.6 Å². The summed E-state index contributed by atoms with van der Waals surface area (Å²) in [6, 6.07) is -0.100. The number of nitrogens with one attached hydrogen (secondary N) is 2. The lowest BCUT2D eigenvalue weighted by Crippen LogP contribution is -2.41. The van der Waals surface area contributed by atoms with Crippen molar-refractivity contribution in [3.8, 4) is 11.6 Å². The van der Waals surface area contributed by atoms with Crippen LogP contribution in [0.2, 0.25) is 0 Å². The number of hydrogen-bond acceptors (Lipinski definition) is 5. The van der Waals surface area contributed by atoms with Gasteiger partial charge in [0.1, 0.15) is 5.69 Å². The number of imidazole rings is 1. The van der Waals surface area contributed by atoms with Crippen LogP contribution in [0, 0.1) is 23.7 Å². The molecular weight excluding hydrogens is 368 g/mol. The van der Waals surface area contributed by atoms with Crippen LogP contribution in [0.4, 0.5) is 4.79 Å². The van der Waals surface area contributed by atoms with Crippen molar-refractivity contribution in [2.24, 2.45) is 30.7 Å². The minimum Gasteiger partial charge on any atom is -0.419 e. The average Bonchev–Trinajstić information content (AvgIpc) is 3.30. The number of nitrogens with zero attached hydrogens (tertiary/aromatic N) is 4. The van der Waals surface area contributed by atoms with Crippen molar-refractivity contribution in [3.05, 3.63) is 30.1 Å². The molecule has 0 aliphatic heterocycles. The number of amides is 2. The first-order chi connectivity index (χ1) is 13.9. The molecule has 1 aliphatic rings. The molecule has 0 saturated carbocycles. The Labute approximate surface area is 172 Å². The fraction of sp³-hybridized carbons (Fsp3) is 0.619. The van der Waals surface area contributed by atoms with Gasteiger partial charge in [-0.25, -0.2) is 9.78 Å². The molecule has 2 aromatic rings. The molecule has 0 unspecified atom stereocenters. The maximum atomic E-state index is 11.8. The summed E-state index contributed by atoms with van der Waals surface area (Å²) in [4.78, 5) is 15.9. The maximum Gasteiger partial charge on any atom is 0.314 e. The predicted octanol–water partition coefficient (Wildman–Crippen LogP) is 3.19. The van der Waals surface area contributed by atoms with Gasteiger partial charge in [-0.05, 0) is 43.9 Å². The minimum absolute atomic E-state index is 0.100. The number of aromatic nitrogens is 4. The van der Waals surface area contributed by atoms with Gasteiger partial charge in [-0.2, -0.15) is 0 Å². The quantitative estimate of drug-likeness (QED) is 0.696. The first-order valence-corrected chi connectivity index (χ1v) is 10.4. The van der Waals surface area contributed by atoms with Crippen molar-refractivity contribution in [1.29, 1.82) is 0 Å². The van der Waals surface area contributed by atoms with Gasteiger partial charge in [0.05, 0.1) is 12.5 Å². The zero-order chi connectivity index (χ0) is 21.0. The number of urea groups is 1. The van der Waals surface area contributed by atoms with E-state index in [2.05, 4.69) is 52.7 Å². The highest BCUT2D eigenvalue weighted by Crippen LogP contribution is 2.38. The molecule has 2 aromatic heterocycles. The van der Waals surface area contributed by atoms with Gasteiger partial charge in [-0.3, -0.25) is 0 Å². The van der Waals surface area contributed by atoms with Crippen molar-refractivity contribution >= 4 is 6.03 Å². The van der Waals surface area contributed by atoms with Crippen LogP contribution in [0.3, 0.4) is 0 Å². The van der Waals surface area contributed by atoms with Gasteiger partial charge in [0.2, 0.25) is 5.89 Å². The lowest BCUT2D eigenvalue weighted by molar-refractivity contribution is 0.211. The third-order valence-electron chi connectivity index (χ3n) is 5.84. The summed E-state index contributed by atoms with van der Waals surface area (Å²) in [5.74, 6) is 2.87. The Morgan fingerprint density at radius 1 is 1.34 bits per heavy atom. The summed E-state index contributed by atoms with van der Waals surface area (Å²) >= 11 is 0. The summed E-state index contributed by atoms with van der Waals surface area (Å²) in [6.45, 7) is 9.88. The van der Waals surface area contributed by atoms with Gasteiger partial charge in [0.25, 0.3) is 5.89 Å². The lowest BCUT2D eigenvalue weighted by Gasteiger charge is -2.37. The van der Waals surface area contributed by atoms with E-state index in [-0.39, 0.29) is 6.03 Å². The van der Waals surface area contributed by atoms with E-state index in [1.807, 2.05) is 18.5 Å². The van der Waals surface area contributed by atoms with Gasteiger partial charge in [-0.15, -0.1) is 10.2 Å². The van der Waals surface area contributed by atoms with Crippen LogP contribution in [0.1, 0.15) is 40.0 Å². The van der Waals surface area contributed by atoms with Crippen LogP contribution in [0.25, 0.3) is 11.6 Å². The standard InChI is InChI=1S/C21H32N6O2/c1-6-23-21(28)24-10-16-7-14(4)15(8-17(16)13(2)3)9-19-25-26-20(29-19)18-11-22-12-27(18)5/h7,11-13,15-17H,6,8-10H2,1-5H3,(H2,23,24,28)/t15-,16-,17-/m0/s1. The first kappa shape index (κ1) is 21.1. The molecule has 2 N–H and O–H groups in total. The molecule has 2 amide bonds. The molecule has 0 saturated heterocycles. The second-order valence-corrected chi connectivity index (χ2v) is 8.25. The Kier molecular flexibility index (Phi) is 6.71. The van der Waals surface area contributed by atoms with Crippen LogP contribution in [-0.4, -0.2) is 38.9 Å². The molecular formula is C21H32N6O2. The van der Waals surface area contributed by atoms with Crippen LogP contribution in [0.15, 0.2) is 28.6 Å². The fourth-order valence-electron chi connectivity index (χ4n) is 4.16. The molecule has 158 valence electrons. The van der Waals surface area contributed by atoms with E-state index in [4.69, 9.17) is 4.42 Å². The highest BCUT2D eigenvalue weighted by atomic mass is 16.4. The molecule has 8 nitrogen and oxygen atoms in total. The molecule has 0 bridgehead atoms. The van der Waals surface area contributed by atoms with E-state index in [1.165, 1.54) is 5.57 Å². The SMILES string of the molecule is CCNC(=O)NC[C@@H]1C=C(C)[C@H](Cc2nnc(-c3cncn3C)o2)C[C@H]1C(C)C. The van der Waals surface area contributed by atoms with Gasteiger partial charge in [0, 0.05) is 26.6 Å². The Balaban J connectivity index is 1.69. The fourth-order valence-corrected chi connectivity index (χ4v) is 4.16. The Morgan fingerprint density at radius 2 is 2.14 bits per heavy atom. The Bertz CT molecular complexity index is 853. The molecule has 2 heterocycles. The molecule has 0 spiro atoms. The highest BCUT2D eigenvalue weighted by molar-refractivity contribution is 5.73. The number of allylic oxidation sites excluding steroid dienone is 1. The normalized spacial score (nSPS) is 21.9. The maximum absolute atomic E-state index is 11.8. The van der Waals surface area contributed by atoms with Crippen molar-refractivity contribution in [2.45, 2.75) is 40.5 Å². The summed E-state index contributed by atoms with van der Waals surface area (Å²) in [5.41, 5.74) is 2.14. The Morgan fingerprint density at radius 3 is 2.79 bits per heavy atom.